The maximum Gasteiger partial charge on any atom is 0.307 e. The molecule has 0 aromatic heterocycles. The second-order valence-corrected chi connectivity index (χ2v) is 4.58. The zero-order valence-electron chi connectivity index (χ0n) is 10.6. The smallest absolute Gasteiger partial charge is 0.287 e. The van der Waals surface area contributed by atoms with Crippen molar-refractivity contribution in [1.29, 1.82) is 0 Å². The summed E-state index contributed by atoms with van der Waals surface area (Å²) in [5.74, 6) is -4.46. The van der Waals surface area contributed by atoms with Crippen LogP contribution in [0.1, 0.15) is 28.4 Å². The first-order valence-electron chi connectivity index (χ1n) is 6.02. The van der Waals surface area contributed by atoms with Crippen molar-refractivity contribution in [2.75, 3.05) is 0 Å². The van der Waals surface area contributed by atoms with E-state index in [0.29, 0.717) is 13.3 Å². The molecule has 98 valence electrons. The fraction of sp³-hybridized carbons (Fsp3) is 0.188. The number of benzene rings is 2. The van der Waals surface area contributed by atoms with Crippen LogP contribution in [0.15, 0.2) is 54.6 Å². The Labute approximate surface area is 110 Å². The molecule has 0 aliphatic rings. The third kappa shape index (κ3) is 3.47. The van der Waals surface area contributed by atoms with Crippen molar-refractivity contribution in [2.45, 2.75) is 19.3 Å². The van der Waals surface area contributed by atoms with Gasteiger partial charge in [0.05, 0.1) is 0 Å². The lowest BCUT2D eigenvalue weighted by molar-refractivity contribution is 0.0221. The van der Waals surface area contributed by atoms with Crippen LogP contribution in [0.4, 0.5) is 8.78 Å². The maximum atomic E-state index is 13.0. The van der Waals surface area contributed by atoms with Crippen molar-refractivity contribution in [3.05, 3.63) is 71.3 Å². The van der Waals surface area contributed by atoms with E-state index in [0.717, 1.165) is 11.1 Å². The number of Topliss-reactive ketones (excluding diaryl/α,β-unsaturated/α-hetero) is 1. The van der Waals surface area contributed by atoms with Crippen molar-refractivity contribution >= 4 is 5.78 Å². The van der Waals surface area contributed by atoms with E-state index in [1.807, 2.05) is 36.4 Å². The summed E-state index contributed by atoms with van der Waals surface area (Å²) in [6.07, 6.45) is 0.622. The summed E-state index contributed by atoms with van der Waals surface area (Å²) in [7, 11) is 0. The third-order valence-electron chi connectivity index (χ3n) is 2.84. The van der Waals surface area contributed by atoms with Gasteiger partial charge >= 0.3 is 5.92 Å². The minimum absolute atomic E-state index is 0.0564. The van der Waals surface area contributed by atoms with E-state index in [1.165, 1.54) is 12.1 Å². The molecule has 0 saturated heterocycles. The molecule has 0 unspecified atom stereocenters. The summed E-state index contributed by atoms with van der Waals surface area (Å²) in [4.78, 5) is 11.5. The zero-order chi connectivity index (χ0) is 13.9. The lowest BCUT2D eigenvalue weighted by Crippen LogP contribution is -2.24. The van der Waals surface area contributed by atoms with Crippen molar-refractivity contribution < 1.29 is 13.6 Å². The number of rotatable bonds is 4. The van der Waals surface area contributed by atoms with Crippen LogP contribution < -0.4 is 0 Å². The molecule has 0 N–H and O–H groups in total. The van der Waals surface area contributed by atoms with Crippen LogP contribution in [0, 0.1) is 0 Å². The second kappa shape index (κ2) is 5.31. The summed E-state index contributed by atoms with van der Waals surface area (Å²) < 4.78 is 26.0. The normalized spacial score (nSPS) is 11.3. The summed E-state index contributed by atoms with van der Waals surface area (Å²) in [5, 5.41) is 0. The summed E-state index contributed by atoms with van der Waals surface area (Å²) in [6.45, 7) is 0.624. The predicted octanol–water partition coefficient (Wildman–Crippen LogP) is 4.12. The molecule has 19 heavy (non-hydrogen) atoms. The highest BCUT2D eigenvalue weighted by Gasteiger charge is 2.33. The van der Waals surface area contributed by atoms with Gasteiger partial charge in [0.15, 0.2) is 0 Å². The Morgan fingerprint density at radius 2 is 1.63 bits per heavy atom. The number of carbonyl (C=O) groups excluding carboxylic acids is 1. The van der Waals surface area contributed by atoms with Gasteiger partial charge in [-0.1, -0.05) is 48.5 Å². The number of hydrogen-bond donors (Lipinski definition) is 0. The van der Waals surface area contributed by atoms with Crippen molar-refractivity contribution in [3.63, 3.8) is 0 Å². The van der Waals surface area contributed by atoms with Crippen LogP contribution in [0.3, 0.4) is 0 Å². The van der Waals surface area contributed by atoms with Crippen LogP contribution in [-0.4, -0.2) is 11.7 Å². The van der Waals surface area contributed by atoms with Gasteiger partial charge in [0.2, 0.25) is 5.78 Å². The minimum Gasteiger partial charge on any atom is -0.287 e. The van der Waals surface area contributed by atoms with Crippen molar-refractivity contribution in [1.82, 2.24) is 0 Å². The monoisotopic (exact) mass is 260 g/mol. The van der Waals surface area contributed by atoms with Crippen LogP contribution in [0.25, 0.3) is 0 Å². The highest BCUT2D eigenvalue weighted by molar-refractivity contribution is 6.01. The number of ketones is 1. The second-order valence-electron chi connectivity index (χ2n) is 4.58. The first-order valence-corrected chi connectivity index (χ1v) is 6.02. The molecule has 0 aliphatic heterocycles. The topological polar surface area (TPSA) is 17.1 Å². The van der Waals surface area contributed by atoms with E-state index in [4.69, 9.17) is 0 Å². The van der Waals surface area contributed by atoms with Gasteiger partial charge in [0, 0.05) is 12.5 Å². The lowest BCUT2D eigenvalue weighted by atomic mass is 9.99. The van der Waals surface area contributed by atoms with Crippen LogP contribution in [0.2, 0.25) is 0 Å². The third-order valence-corrected chi connectivity index (χ3v) is 2.84. The SMILES string of the molecule is CC(F)(F)C(=O)c1cccc(Cc2ccccc2)c1. The molecule has 2 rings (SSSR count). The average molecular weight is 260 g/mol. The molecule has 0 heterocycles. The molecule has 0 fully saturated rings. The molecular weight excluding hydrogens is 246 g/mol. The summed E-state index contributed by atoms with van der Waals surface area (Å²) in [5.41, 5.74) is 1.98. The average Bonchev–Trinajstić information content (AvgIpc) is 2.38. The van der Waals surface area contributed by atoms with Gasteiger partial charge in [-0.3, -0.25) is 4.79 Å². The van der Waals surface area contributed by atoms with Crippen molar-refractivity contribution in [3.8, 4) is 0 Å². The van der Waals surface area contributed by atoms with E-state index >= 15 is 0 Å². The Kier molecular flexibility index (Phi) is 3.74. The molecular formula is C16H14F2O. The van der Waals surface area contributed by atoms with E-state index in [2.05, 4.69) is 0 Å². The number of halogens is 2. The van der Waals surface area contributed by atoms with Crippen LogP contribution in [-0.2, 0) is 6.42 Å². The standard InChI is InChI=1S/C16H14F2O/c1-16(17,18)15(19)14-9-5-8-13(11-14)10-12-6-3-2-4-7-12/h2-9,11H,10H2,1H3. The highest BCUT2D eigenvalue weighted by Crippen LogP contribution is 2.20. The maximum absolute atomic E-state index is 13.0. The summed E-state index contributed by atoms with van der Waals surface area (Å²) >= 11 is 0. The molecule has 0 atom stereocenters. The fourth-order valence-corrected chi connectivity index (χ4v) is 1.91. The van der Waals surface area contributed by atoms with Gasteiger partial charge in [0.1, 0.15) is 0 Å². The minimum atomic E-state index is -3.33. The van der Waals surface area contributed by atoms with E-state index in [-0.39, 0.29) is 5.56 Å². The summed E-state index contributed by atoms with van der Waals surface area (Å²) in [6, 6.07) is 16.1. The van der Waals surface area contributed by atoms with Crippen LogP contribution in [0.5, 0.6) is 0 Å². The Balaban J connectivity index is 2.23. The molecule has 0 amide bonds. The van der Waals surface area contributed by atoms with Gasteiger partial charge in [0.25, 0.3) is 0 Å². The predicted molar refractivity (Wildman–Crippen MR) is 70.6 cm³/mol. The molecule has 3 heteroatoms. The Morgan fingerprint density at radius 1 is 1.00 bits per heavy atom. The van der Waals surface area contributed by atoms with Gasteiger partial charge in [-0.15, -0.1) is 0 Å². The van der Waals surface area contributed by atoms with Gasteiger partial charge in [-0.05, 0) is 23.6 Å². The number of hydrogen-bond acceptors (Lipinski definition) is 1. The molecule has 0 aliphatic carbocycles. The van der Waals surface area contributed by atoms with Gasteiger partial charge in [-0.2, -0.15) is 8.78 Å². The van der Waals surface area contributed by atoms with Crippen molar-refractivity contribution in [2.24, 2.45) is 0 Å². The highest BCUT2D eigenvalue weighted by atomic mass is 19.3. The molecule has 1 nitrogen and oxygen atoms in total. The Hall–Kier alpha value is -2.03. The largest absolute Gasteiger partial charge is 0.307 e. The quantitative estimate of drug-likeness (QED) is 0.756. The fourth-order valence-electron chi connectivity index (χ4n) is 1.91. The van der Waals surface area contributed by atoms with E-state index < -0.39 is 11.7 Å². The molecule has 0 radical (unpaired) electrons. The number of carbonyl (C=O) groups is 1. The first kappa shape index (κ1) is 13.4. The molecule has 0 saturated carbocycles. The zero-order valence-corrected chi connectivity index (χ0v) is 10.6. The van der Waals surface area contributed by atoms with Gasteiger partial charge < -0.3 is 0 Å². The van der Waals surface area contributed by atoms with Gasteiger partial charge in [-0.25, -0.2) is 0 Å². The molecule has 0 spiro atoms. The molecule has 2 aromatic carbocycles. The Morgan fingerprint density at radius 3 is 2.26 bits per heavy atom. The van der Waals surface area contributed by atoms with E-state index in [9.17, 15) is 13.6 Å². The van der Waals surface area contributed by atoms with E-state index in [1.54, 1.807) is 6.07 Å². The first-order chi connectivity index (χ1) is 8.97. The molecule has 0 bridgehead atoms. The number of alkyl halides is 2. The lowest BCUT2D eigenvalue weighted by Gasteiger charge is -2.10. The van der Waals surface area contributed by atoms with Crippen LogP contribution >= 0.6 is 0 Å². The Bertz CT molecular complexity index is 571. The molecule has 2 aromatic rings.